The van der Waals surface area contributed by atoms with Crippen molar-refractivity contribution in [3.63, 3.8) is 0 Å². The number of anilines is 1. The molecule has 0 saturated heterocycles. The van der Waals surface area contributed by atoms with E-state index in [-0.39, 0.29) is 6.17 Å². The molecule has 140 valence electrons. The van der Waals surface area contributed by atoms with Crippen LogP contribution < -0.4 is 5.32 Å². The topological polar surface area (TPSA) is 43.0 Å². The Morgan fingerprint density at radius 2 is 1.66 bits per heavy atom. The van der Waals surface area contributed by atoms with Crippen LogP contribution in [0.2, 0.25) is 0 Å². The Morgan fingerprint density at radius 3 is 2.55 bits per heavy atom. The minimum atomic E-state index is -0.170. The second-order valence-electron chi connectivity index (χ2n) is 7.10. The fourth-order valence-electron chi connectivity index (χ4n) is 3.98. The minimum absolute atomic E-state index is 0.170. The molecule has 0 radical (unpaired) electrons. The Labute approximate surface area is 175 Å². The average molecular weight is 442 g/mol. The molecule has 1 atom stereocenters. The van der Waals surface area contributed by atoms with Gasteiger partial charge in [-0.05, 0) is 48.5 Å². The molecule has 3 heterocycles. The van der Waals surface area contributed by atoms with E-state index in [0.717, 1.165) is 49.7 Å². The van der Waals surface area contributed by atoms with Crippen molar-refractivity contribution in [1.29, 1.82) is 0 Å². The molecule has 29 heavy (non-hydrogen) atoms. The fourth-order valence-corrected chi connectivity index (χ4v) is 4.24. The first-order valence-electron chi connectivity index (χ1n) is 9.46. The summed E-state index contributed by atoms with van der Waals surface area (Å²) in [6.07, 6.45) is -0.170. The summed E-state index contributed by atoms with van der Waals surface area (Å²) in [5.41, 5.74) is 5.26. The van der Waals surface area contributed by atoms with Crippen molar-refractivity contribution in [2.24, 2.45) is 0 Å². The van der Waals surface area contributed by atoms with Crippen LogP contribution in [0.25, 0.3) is 33.7 Å². The van der Waals surface area contributed by atoms with E-state index in [4.69, 9.17) is 9.40 Å². The molecule has 5 heteroatoms. The van der Waals surface area contributed by atoms with Gasteiger partial charge in [-0.3, -0.25) is 4.57 Å². The maximum Gasteiger partial charge on any atom is 0.165 e. The quantitative estimate of drug-likeness (QED) is 0.331. The van der Waals surface area contributed by atoms with Crippen molar-refractivity contribution in [1.82, 2.24) is 9.55 Å². The highest BCUT2D eigenvalue weighted by atomic mass is 79.9. The molecule has 0 spiro atoms. The monoisotopic (exact) mass is 441 g/mol. The summed E-state index contributed by atoms with van der Waals surface area (Å²) in [4.78, 5) is 4.92. The molecule has 1 aliphatic rings. The van der Waals surface area contributed by atoms with Crippen molar-refractivity contribution in [3.05, 3.63) is 95.2 Å². The number of para-hydroxylation sites is 3. The molecular weight excluding hydrogens is 426 g/mol. The van der Waals surface area contributed by atoms with Gasteiger partial charge in [-0.2, -0.15) is 0 Å². The van der Waals surface area contributed by atoms with Gasteiger partial charge in [-0.15, -0.1) is 0 Å². The maximum atomic E-state index is 6.31. The first kappa shape index (κ1) is 16.6. The summed E-state index contributed by atoms with van der Waals surface area (Å²) in [5.74, 6) is 2.65. The summed E-state index contributed by atoms with van der Waals surface area (Å²) in [5, 5.41) is 3.64. The lowest BCUT2D eigenvalue weighted by Crippen LogP contribution is -2.24. The first-order chi connectivity index (χ1) is 14.3. The molecule has 3 aromatic carbocycles. The minimum Gasteiger partial charge on any atom is -0.457 e. The number of nitrogens with one attached hydrogen (secondary N) is 1. The van der Waals surface area contributed by atoms with Crippen molar-refractivity contribution >= 4 is 32.7 Å². The van der Waals surface area contributed by atoms with Gasteiger partial charge >= 0.3 is 0 Å². The lowest BCUT2D eigenvalue weighted by Gasteiger charge is -2.28. The number of hydrogen-bond donors (Lipinski definition) is 1. The molecule has 0 aliphatic carbocycles. The van der Waals surface area contributed by atoms with Crippen LogP contribution in [0.5, 0.6) is 0 Å². The summed E-state index contributed by atoms with van der Waals surface area (Å²) < 4.78 is 9.59. The van der Waals surface area contributed by atoms with Gasteiger partial charge in [0, 0.05) is 21.3 Å². The number of hydrogen-bond acceptors (Lipinski definition) is 3. The van der Waals surface area contributed by atoms with Gasteiger partial charge < -0.3 is 9.73 Å². The highest BCUT2D eigenvalue weighted by molar-refractivity contribution is 9.10. The summed E-state index contributed by atoms with van der Waals surface area (Å²) >= 11 is 3.49. The number of imidazole rings is 1. The van der Waals surface area contributed by atoms with Crippen LogP contribution in [-0.4, -0.2) is 9.55 Å². The lowest BCUT2D eigenvalue weighted by molar-refractivity contribution is 0.465. The molecule has 0 saturated carbocycles. The average Bonchev–Trinajstić information content (AvgIpc) is 3.39. The number of furan rings is 1. The van der Waals surface area contributed by atoms with Crippen molar-refractivity contribution in [2.75, 3.05) is 5.32 Å². The Hall–Kier alpha value is -3.31. The van der Waals surface area contributed by atoms with Crippen LogP contribution in [-0.2, 0) is 0 Å². The second kappa shape index (κ2) is 6.36. The number of fused-ring (bicyclic) bond motifs is 5. The van der Waals surface area contributed by atoms with E-state index in [1.54, 1.807) is 0 Å². The third kappa shape index (κ3) is 2.62. The lowest BCUT2D eigenvalue weighted by atomic mass is 10.1. The summed E-state index contributed by atoms with van der Waals surface area (Å²) in [7, 11) is 0. The second-order valence-corrected chi connectivity index (χ2v) is 8.01. The smallest absolute Gasteiger partial charge is 0.165 e. The van der Waals surface area contributed by atoms with E-state index in [2.05, 4.69) is 50.1 Å². The molecule has 1 aliphatic heterocycles. The van der Waals surface area contributed by atoms with Crippen LogP contribution in [0.15, 0.2) is 93.8 Å². The largest absolute Gasteiger partial charge is 0.457 e. The molecule has 6 rings (SSSR count). The zero-order valence-corrected chi connectivity index (χ0v) is 16.9. The zero-order valence-electron chi connectivity index (χ0n) is 15.3. The molecule has 0 bridgehead atoms. The van der Waals surface area contributed by atoms with Gasteiger partial charge in [-0.25, -0.2) is 4.98 Å². The van der Waals surface area contributed by atoms with Gasteiger partial charge in [-0.1, -0.05) is 52.3 Å². The predicted octanol–water partition coefficient (Wildman–Crippen LogP) is 6.70. The Bertz CT molecular complexity index is 1350. The van der Waals surface area contributed by atoms with Gasteiger partial charge in [0.15, 0.2) is 6.17 Å². The number of benzene rings is 3. The Balaban J connectivity index is 1.52. The van der Waals surface area contributed by atoms with E-state index in [9.17, 15) is 0 Å². The van der Waals surface area contributed by atoms with Crippen LogP contribution in [0.1, 0.15) is 11.9 Å². The SMILES string of the molecule is Brc1ccc(-c2ccc(C3Nc4ccccc4-c4nc5ccccc5n43)o2)cc1. The van der Waals surface area contributed by atoms with Gasteiger partial charge in [0.1, 0.15) is 17.3 Å². The number of aromatic nitrogens is 2. The summed E-state index contributed by atoms with van der Waals surface area (Å²) in [6.45, 7) is 0. The third-order valence-corrected chi connectivity index (χ3v) is 5.87. The van der Waals surface area contributed by atoms with Gasteiger partial charge in [0.2, 0.25) is 0 Å². The van der Waals surface area contributed by atoms with E-state index < -0.39 is 0 Å². The Morgan fingerprint density at radius 1 is 0.862 bits per heavy atom. The van der Waals surface area contributed by atoms with Crippen molar-refractivity contribution in [2.45, 2.75) is 6.17 Å². The Kier molecular flexibility index (Phi) is 3.64. The van der Waals surface area contributed by atoms with E-state index in [1.807, 2.05) is 60.7 Å². The van der Waals surface area contributed by atoms with E-state index >= 15 is 0 Å². The molecule has 2 aromatic heterocycles. The zero-order chi connectivity index (χ0) is 19.4. The molecule has 4 nitrogen and oxygen atoms in total. The fraction of sp³-hybridized carbons (Fsp3) is 0.0417. The van der Waals surface area contributed by atoms with Crippen molar-refractivity contribution in [3.8, 4) is 22.7 Å². The predicted molar refractivity (Wildman–Crippen MR) is 119 cm³/mol. The number of rotatable bonds is 2. The molecule has 1 unspecified atom stereocenters. The molecule has 1 N–H and O–H groups in total. The molecule has 0 amide bonds. The van der Waals surface area contributed by atoms with Crippen molar-refractivity contribution < 1.29 is 4.42 Å². The van der Waals surface area contributed by atoms with Crippen LogP contribution in [0.3, 0.4) is 0 Å². The number of halogens is 1. The molecule has 5 aromatic rings. The van der Waals surface area contributed by atoms with Crippen LogP contribution in [0, 0.1) is 0 Å². The normalized spacial score (nSPS) is 15.0. The molecular formula is C24H16BrN3O. The van der Waals surface area contributed by atoms with Crippen LogP contribution in [0.4, 0.5) is 5.69 Å². The maximum absolute atomic E-state index is 6.31. The van der Waals surface area contributed by atoms with Gasteiger partial charge in [0.25, 0.3) is 0 Å². The molecule has 0 fully saturated rings. The highest BCUT2D eigenvalue weighted by Crippen LogP contribution is 2.41. The third-order valence-electron chi connectivity index (χ3n) is 5.34. The van der Waals surface area contributed by atoms with Gasteiger partial charge in [0.05, 0.1) is 11.0 Å². The van der Waals surface area contributed by atoms with E-state index in [1.165, 1.54) is 0 Å². The summed E-state index contributed by atoms with van der Waals surface area (Å²) in [6, 6.07) is 28.7. The first-order valence-corrected chi connectivity index (χ1v) is 10.3. The van der Waals surface area contributed by atoms with E-state index in [0.29, 0.717) is 0 Å². The number of nitrogens with zero attached hydrogens (tertiary/aromatic N) is 2. The van der Waals surface area contributed by atoms with Crippen LogP contribution >= 0.6 is 15.9 Å². The highest BCUT2D eigenvalue weighted by Gasteiger charge is 2.30. The standard InChI is InChI=1S/C24H16BrN3O/c25-16-11-9-15(10-12-16)21-13-14-22(29-21)24-26-18-6-2-1-5-17(18)23-27-19-7-3-4-8-20(19)28(23)24/h1-14,24,26H.